The third kappa shape index (κ3) is 5.59. The Kier molecular flexibility index (Phi) is 8.01. The number of hydrogen-bond acceptors (Lipinski definition) is 9. The van der Waals surface area contributed by atoms with E-state index in [0.717, 1.165) is 42.7 Å². The third-order valence-corrected chi connectivity index (χ3v) is 7.69. The van der Waals surface area contributed by atoms with Crippen LogP contribution in [0.25, 0.3) is 0 Å². The second-order valence-corrected chi connectivity index (χ2v) is 10.3. The Morgan fingerprint density at radius 1 is 1.14 bits per heavy atom. The summed E-state index contributed by atoms with van der Waals surface area (Å²) < 4.78 is 44.5. The van der Waals surface area contributed by atoms with Crippen molar-refractivity contribution in [2.75, 3.05) is 43.5 Å². The number of benzene rings is 1. The summed E-state index contributed by atoms with van der Waals surface area (Å²) in [6.07, 6.45) is -1.93. The highest BCUT2D eigenvalue weighted by atomic mass is 19.4. The Morgan fingerprint density at radius 3 is 2.52 bits per heavy atom. The molecule has 3 aliphatic rings. The van der Waals surface area contributed by atoms with Gasteiger partial charge in [0.15, 0.2) is 5.78 Å². The van der Waals surface area contributed by atoms with E-state index in [1.165, 1.54) is 6.34 Å². The number of fused-ring (bicyclic) bond motifs is 1. The number of amidine groups is 1. The molecule has 0 aliphatic carbocycles. The molecular formula is C28H31F3N8O3. The zero-order chi connectivity index (χ0) is 30.1. The SMILES string of the molecule is CCC(=O)C1=C(CN2CCOCC2)N2N=CN=C(N)C2C1(C)c1ccc(NC(=O)Nc2cc(C(F)(F)F)ccn2)cc1. The summed E-state index contributed by atoms with van der Waals surface area (Å²) in [6, 6.07) is 7.12. The summed E-state index contributed by atoms with van der Waals surface area (Å²) >= 11 is 0. The van der Waals surface area contributed by atoms with Gasteiger partial charge in [-0.1, -0.05) is 19.1 Å². The lowest BCUT2D eigenvalue weighted by atomic mass is 9.69. The van der Waals surface area contributed by atoms with E-state index in [1.807, 2.05) is 13.8 Å². The van der Waals surface area contributed by atoms with Gasteiger partial charge in [0.05, 0.1) is 29.9 Å². The predicted molar refractivity (Wildman–Crippen MR) is 151 cm³/mol. The lowest BCUT2D eigenvalue weighted by Crippen LogP contribution is -2.52. The van der Waals surface area contributed by atoms with E-state index >= 15 is 0 Å². The van der Waals surface area contributed by atoms with Crippen LogP contribution >= 0.6 is 0 Å². The van der Waals surface area contributed by atoms with Crippen LogP contribution in [-0.4, -0.2) is 77.8 Å². The number of alkyl halides is 3. The minimum Gasteiger partial charge on any atom is -0.385 e. The lowest BCUT2D eigenvalue weighted by Gasteiger charge is -2.37. The van der Waals surface area contributed by atoms with E-state index in [2.05, 4.69) is 30.6 Å². The molecule has 0 spiro atoms. The van der Waals surface area contributed by atoms with Gasteiger partial charge >= 0.3 is 12.2 Å². The highest BCUT2D eigenvalue weighted by Crippen LogP contribution is 2.48. The highest BCUT2D eigenvalue weighted by molar-refractivity contribution is 6.04. The topological polar surface area (TPSA) is 138 Å². The Hall–Kier alpha value is -4.30. The largest absolute Gasteiger partial charge is 0.416 e. The van der Waals surface area contributed by atoms with Crippen LogP contribution in [-0.2, 0) is 21.1 Å². The minimum absolute atomic E-state index is 0.0340. The second-order valence-electron chi connectivity index (χ2n) is 10.3. The van der Waals surface area contributed by atoms with Gasteiger partial charge in [-0.25, -0.2) is 14.8 Å². The number of morpholine rings is 1. The lowest BCUT2D eigenvalue weighted by molar-refractivity contribution is -0.137. The molecule has 14 heteroatoms. The number of halogens is 3. The first-order valence-electron chi connectivity index (χ1n) is 13.5. The van der Waals surface area contributed by atoms with Crippen LogP contribution < -0.4 is 16.4 Å². The number of carbonyl (C=O) groups excluding carboxylic acids is 2. The van der Waals surface area contributed by atoms with Gasteiger partial charge in [-0.15, -0.1) is 0 Å². The highest BCUT2D eigenvalue weighted by Gasteiger charge is 2.55. The number of nitrogens with two attached hydrogens (primary N) is 1. The standard InChI is InChI=1S/C28H31F3N8O3/c1-3-21(40)23-20(15-38-10-12-42-13-11-38)39-24(25(32)34-16-35-39)27(23,2)17-4-6-19(7-5-17)36-26(41)37-22-14-18(8-9-33-22)28(29,30)31/h4-9,14,16,24H,3,10-13,15H2,1-2H3,(H2,32,34,35)(H2,33,36,37,41). The van der Waals surface area contributed by atoms with Crippen molar-refractivity contribution < 1.29 is 27.5 Å². The maximum atomic E-state index is 13.6. The zero-order valence-corrected chi connectivity index (χ0v) is 23.1. The van der Waals surface area contributed by atoms with Crippen molar-refractivity contribution in [3.05, 3.63) is 65.0 Å². The van der Waals surface area contributed by atoms with Gasteiger partial charge in [-0.3, -0.25) is 20.0 Å². The molecule has 1 aromatic heterocycles. The van der Waals surface area contributed by atoms with Gasteiger partial charge in [0, 0.05) is 43.5 Å². The average molecular weight is 585 g/mol. The Morgan fingerprint density at radius 2 is 1.86 bits per heavy atom. The molecule has 2 aromatic rings. The monoisotopic (exact) mass is 584 g/mol. The number of hydrogen-bond donors (Lipinski definition) is 3. The molecule has 2 amide bonds. The van der Waals surface area contributed by atoms with Crippen molar-refractivity contribution in [2.45, 2.75) is 37.9 Å². The summed E-state index contributed by atoms with van der Waals surface area (Å²) in [5, 5.41) is 11.2. The van der Waals surface area contributed by atoms with E-state index in [0.29, 0.717) is 36.9 Å². The number of urea groups is 1. The summed E-state index contributed by atoms with van der Waals surface area (Å²) in [6.45, 7) is 6.89. The molecular weight excluding hydrogens is 553 g/mol. The summed E-state index contributed by atoms with van der Waals surface area (Å²) in [7, 11) is 0. The normalized spacial score (nSPS) is 22.5. The molecule has 1 fully saturated rings. The van der Waals surface area contributed by atoms with Gasteiger partial charge in [0.1, 0.15) is 24.0 Å². The summed E-state index contributed by atoms with van der Waals surface area (Å²) in [5.74, 6) is 0.0418. The number of Topliss-reactive ketones (excluding diaryl/α,β-unsaturated/α-hetero) is 1. The number of ketones is 1. The quantitative estimate of drug-likeness (QED) is 0.453. The van der Waals surface area contributed by atoms with E-state index in [-0.39, 0.29) is 18.0 Å². The molecule has 0 saturated carbocycles. The van der Waals surface area contributed by atoms with E-state index in [1.54, 1.807) is 29.3 Å². The van der Waals surface area contributed by atoms with Crippen LogP contribution in [0.15, 0.2) is 64.0 Å². The number of aliphatic imine (C=N–C) groups is 1. The molecule has 0 bridgehead atoms. The third-order valence-electron chi connectivity index (χ3n) is 7.69. The minimum atomic E-state index is -4.57. The zero-order valence-electron chi connectivity index (χ0n) is 23.1. The molecule has 4 heterocycles. The molecule has 4 N–H and O–H groups in total. The van der Waals surface area contributed by atoms with Crippen molar-refractivity contribution in [3.63, 3.8) is 0 Å². The molecule has 5 rings (SSSR count). The van der Waals surface area contributed by atoms with Crippen LogP contribution in [0.3, 0.4) is 0 Å². The van der Waals surface area contributed by atoms with Crippen LogP contribution in [0.2, 0.25) is 0 Å². The van der Waals surface area contributed by atoms with Gasteiger partial charge in [0.2, 0.25) is 0 Å². The average Bonchev–Trinajstić information content (AvgIpc) is 3.22. The predicted octanol–water partition coefficient (Wildman–Crippen LogP) is 3.57. The molecule has 11 nitrogen and oxygen atoms in total. The summed E-state index contributed by atoms with van der Waals surface area (Å²) in [5.41, 5.74) is 7.11. The number of ether oxygens (including phenoxy) is 1. The number of rotatable bonds is 7. The van der Waals surface area contributed by atoms with Crippen molar-refractivity contribution in [1.29, 1.82) is 0 Å². The number of amides is 2. The first kappa shape index (κ1) is 29.2. The first-order chi connectivity index (χ1) is 20.0. The molecule has 2 unspecified atom stereocenters. The fourth-order valence-corrected chi connectivity index (χ4v) is 5.63. The Labute approximate surface area is 240 Å². The van der Waals surface area contributed by atoms with Crippen molar-refractivity contribution in [2.24, 2.45) is 15.8 Å². The summed E-state index contributed by atoms with van der Waals surface area (Å²) in [4.78, 5) is 36.4. The molecule has 0 radical (unpaired) electrons. The van der Waals surface area contributed by atoms with Crippen LogP contribution in [0, 0.1) is 0 Å². The molecule has 222 valence electrons. The number of anilines is 2. The fourth-order valence-electron chi connectivity index (χ4n) is 5.63. The van der Waals surface area contributed by atoms with E-state index < -0.39 is 29.2 Å². The van der Waals surface area contributed by atoms with Gasteiger partial charge < -0.3 is 15.8 Å². The van der Waals surface area contributed by atoms with Gasteiger partial charge in [-0.2, -0.15) is 18.3 Å². The molecule has 3 aliphatic heterocycles. The number of aromatic nitrogens is 1. The van der Waals surface area contributed by atoms with Crippen LogP contribution in [0.5, 0.6) is 0 Å². The number of carbonyl (C=O) groups is 2. The number of nitrogens with zero attached hydrogens (tertiary/aromatic N) is 5. The maximum absolute atomic E-state index is 13.6. The first-order valence-corrected chi connectivity index (χ1v) is 13.5. The van der Waals surface area contributed by atoms with Crippen molar-refractivity contribution in [3.8, 4) is 0 Å². The number of hydrazone groups is 1. The number of pyridine rings is 1. The second kappa shape index (κ2) is 11.5. The van der Waals surface area contributed by atoms with Crippen LogP contribution in [0.4, 0.5) is 29.5 Å². The molecule has 1 aromatic carbocycles. The fraction of sp³-hybridized carbons (Fsp3) is 0.393. The van der Waals surface area contributed by atoms with Crippen molar-refractivity contribution in [1.82, 2.24) is 14.9 Å². The van der Waals surface area contributed by atoms with Gasteiger partial charge in [-0.05, 0) is 36.8 Å². The van der Waals surface area contributed by atoms with Gasteiger partial charge in [0.25, 0.3) is 0 Å². The van der Waals surface area contributed by atoms with Crippen molar-refractivity contribution >= 4 is 35.5 Å². The maximum Gasteiger partial charge on any atom is 0.416 e. The molecule has 1 saturated heterocycles. The smallest absolute Gasteiger partial charge is 0.385 e. The van der Waals surface area contributed by atoms with E-state index in [9.17, 15) is 22.8 Å². The van der Waals surface area contributed by atoms with E-state index in [4.69, 9.17) is 10.5 Å². The molecule has 42 heavy (non-hydrogen) atoms. The number of nitrogens with one attached hydrogen (secondary N) is 2. The Bertz CT molecular complexity index is 1450. The molecule has 2 atom stereocenters. The van der Waals surface area contributed by atoms with Crippen LogP contribution in [0.1, 0.15) is 31.4 Å². The Balaban J connectivity index is 1.42.